The van der Waals surface area contributed by atoms with Gasteiger partial charge in [-0.3, -0.25) is 19.5 Å². The van der Waals surface area contributed by atoms with Gasteiger partial charge in [-0.25, -0.2) is 9.79 Å². The highest BCUT2D eigenvalue weighted by Gasteiger charge is 2.33. The Hall–Kier alpha value is -4.54. The predicted octanol–water partition coefficient (Wildman–Crippen LogP) is 5.25. The lowest BCUT2D eigenvalue weighted by Gasteiger charge is -2.24. The summed E-state index contributed by atoms with van der Waals surface area (Å²) in [7, 11) is 0. The van der Waals surface area contributed by atoms with E-state index in [0.29, 0.717) is 36.9 Å². The Morgan fingerprint density at radius 2 is 1.83 bits per heavy atom. The smallest absolute Gasteiger partial charge is 0.338 e. The van der Waals surface area contributed by atoms with Gasteiger partial charge in [-0.1, -0.05) is 52.8 Å². The number of benzene rings is 3. The third-order valence-electron chi connectivity index (χ3n) is 6.71. The zero-order valence-electron chi connectivity index (χ0n) is 23.0. The van der Waals surface area contributed by atoms with Crippen molar-refractivity contribution >= 4 is 40.7 Å². The second-order valence-electron chi connectivity index (χ2n) is 9.61. The van der Waals surface area contributed by atoms with E-state index in [1.165, 1.54) is 28.0 Å². The van der Waals surface area contributed by atoms with Crippen LogP contribution in [0.2, 0.25) is 5.02 Å². The van der Waals surface area contributed by atoms with Crippen molar-refractivity contribution in [1.29, 1.82) is 0 Å². The van der Waals surface area contributed by atoms with E-state index in [-0.39, 0.29) is 24.5 Å². The van der Waals surface area contributed by atoms with Crippen LogP contribution in [0.5, 0.6) is 5.75 Å². The van der Waals surface area contributed by atoms with Gasteiger partial charge in [0.15, 0.2) is 4.80 Å². The van der Waals surface area contributed by atoms with Gasteiger partial charge in [-0.2, -0.15) is 0 Å². The van der Waals surface area contributed by atoms with Crippen molar-refractivity contribution in [3.05, 3.63) is 135 Å². The Morgan fingerprint density at radius 1 is 1.12 bits per heavy atom. The molecule has 9 nitrogen and oxygen atoms in total. The maximum absolute atomic E-state index is 13.9. The monoisotopic (exact) mass is 603 g/mol. The van der Waals surface area contributed by atoms with Crippen LogP contribution in [0.1, 0.15) is 42.1 Å². The fourth-order valence-electron chi connectivity index (χ4n) is 4.64. The number of nitrogens with zero attached hydrogens (tertiary/aromatic N) is 3. The molecule has 0 aliphatic carbocycles. The van der Waals surface area contributed by atoms with Crippen molar-refractivity contribution in [2.45, 2.75) is 33.4 Å². The molecule has 0 unspecified atom stereocenters. The van der Waals surface area contributed by atoms with E-state index < -0.39 is 16.9 Å². The molecule has 4 aromatic rings. The molecule has 0 radical (unpaired) electrons. The second-order valence-corrected chi connectivity index (χ2v) is 11.1. The molecule has 0 amide bonds. The lowest BCUT2D eigenvalue weighted by molar-refractivity contribution is -0.384. The number of carbonyl (C=O) groups is 1. The summed E-state index contributed by atoms with van der Waals surface area (Å²) in [5, 5.41) is 11.4. The van der Waals surface area contributed by atoms with Crippen molar-refractivity contribution in [3.63, 3.8) is 0 Å². The number of fused-ring (bicyclic) bond motifs is 1. The van der Waals surface area contributed by atoms with Gasteiger partial charge < -0.3 is 9.47 Å². The van der Waals surface area contributed by atoms with Crippen LogP contribution in [-0.4, -0.2) is 22.1 Å². The minimum Gasteiger partial charge on any atom is -0.488 e. The SMILES string of the molecule is CCOC(=O)C1=C(C)N=c2s/c(=C\c3cc(Cl)ccc3OCc3ccc([N+](=O)[O-])cc3)c(=O)n2[C@@H]1c1ccc(C)cc1. The van der Waals surface area contributed by atoms with Crippen LogP contribution in [0.15, 0.2) is 87.8 Å². The van der Waals surface area contributed by atoms with E-state index in [1.54, 1.807) is 50.3 Å². The van der Waals surface area contributed by atoms with Crippen LogP contribution in [0.4, 0.5) is 5.69 Å². The molecule has 2 heterocycles. The Labute approximate surface area is 249 Å². The first-order chi connectivity index (χ1) is 20.2. The molecule has 0 fully saturated rings. The van der Waals surface area contributed by atoms with Crippen molar-refractivity contribution in [2.24, 2.45) is 4.99 Å². The number of aromatic nitrogens is 1. The first-order valence-corrected chi connectivity index (χ1v) is 14.3. The molecule has 0 saturated heterocycles. The maximum atomic E-state index is 13.9. The Bertz CT molecular complexity index is 1890. The number of hydrogen-bond acceptors (Lipinski definition) is 8. The Morgan fingerprint density at radius 3 is 2.50 bits per heavy atom. The number of halogens is 1. The summed E-state index contributed by atoms with van der Waals surface area (Å²) in [6.07, 6.45) is 1.69. The average molecular weight is 604 g/mol. The van der Waals surface area contributed by atoms with Gasteiger partial charge in [0.05, 0.1) is 33.4 Å². The highest BCUT2D eigenvalue weighted by Crippen LogP contribution is 2.31. The Kier molecular flexibility index (Phi) is 8.37. The van der Waals surface area contributed by atoms with Gasteiger partial charge in [0.1, 0.15) is 12.4 Å². The number of thiazole rings is 1. The van der Waals surface area contributed by atoms with Crippen LogP contribution in [0.25, 0.3) is 6.08 Å². The zero-order valence-corrected chi connectivity index (χ0v) is 24.6. The van der Waals surface area contributed by atoms with Gasteiger partial charge in [0.2, 0.25) is 0 Å². The molecule has 0 bridgehead atoms. The van der Waals surface area contributed by atoms with Crippen LogP contribution in [0.3, 0.4) is 0 Å². The van der Waals surface area contributed by atoms with E-state index in [9.17, 15) is 19.7 Å². The average Bonchev–Trinajstić information content (AvgIpc) is 3.26. The molecule has 0 spiro atoms. The van der Waals surface area contributed by atoms with Crippen molar-refractivity contribution < 1.29 is 19.2 Å². The summed E-state index contributed by atoms with van der Waals surface area (Å²) in [5.74, 6) is -0.0440. The van der Waals surface area contributed by atoms with E-state index >= 15 is 0 Å². The maximum Gasteiger partial charge on any atom is 0.338 e. The van der Waals surface area contributed by atoms with Gasteiger partial charge in [0, 0.05) is 22.7 Å². The van der Waals surface area contributed by atoms with Crippen LogP contribution < -0.4 is 19.6 Å². The molecule has 11 heteroatoms. The third-order valence-corrected chi connectivity index (χ3v) is 7.93. The molecule has 3 aromatic carbocycles. The largest absolute Gasteiger partial charge is 0.488 e. The Balaban J connectivity index is 1.57. The van der Waals surface area contributed by atoms with Gasteiger partial charge in [-0.05, 0) is 68.3 Å². The number of ether oxygens (including phenoxy) is 2. The molecule has 0 saturated carbocycles. The van der Waals surface area contributed by atoms with Crippen LogP contribution in [0, 0.1) is 17.0 Å². The molecule has 214 valence electrons. The second kappa shape index (κ2) is 12.1. The van der Waals surface area contributed by atoms with Gasteiger partial charge in [0.25, 0.3) is 11.2 Å². The fraction of sp³-hybridized carbons (Fsp3) is 0.194. The van der Waals surface area contributed by atoms with E-state index in [0.717, 1.165) is 16.7 Å². The van der Waals surface area contributed by atoms with E-state index in [1.807, 2.05) is 31.2 Å². The van der Waals surface area contributed by atoms with Gasteiger partial charge >= 0.3 is 5.97 Å². The van der Waals surface area contributed by atoms with E-state index in [4.69, 9.17) is 21.1 Å². The molecule has 1 atom stereocenters. The number of non-ortho nitro benzene ring substituents is 1. The number of carbonyl (C=O) groups excluding carboxylic acids is 1. The summed E-state index contributed by atoms with van der Waals surface area (Å²) in [6.45, 7) is 5.78. The van der Waals surface area contributed by atoms with Crippen LogP contribution in [-0.2, 0) is 16.1 Å². The first-order valence-electron chi connectivity index (χ1n) is 13.1. The quantitative estimate of drug-likeness (QED) is 0.154. The van der Waals surface area contributed by atoms with Crippen molar-refractivity contribution in [1.82, 2.24) is 4.57 Å². The topological polar surface area (TPSA) is 113 Å². The molecule has 0 N–H and O–H groups in total. The number of hydrogen-bond donors (Lipinski definition) is 0. The highest BCUT2D eigenvalue weighted by atomic mass is 35.5. The van der Waals surface area contributed by atoms with Gasteiger partial charge in [-0.15, -0.1) is 0 Å². The number of allylic oxidation sites excluding steroid dienone is 1. The summed E-state index contributed by atoms with van der Waals surface area (Å²) in [4.78, 5) is 42.6. The zero-order chi connectivity index (χ0) is 30.0. The minimum atomic E-state index is -0.708. The van der Waals surface area contributed by atoms with Crippen molar-refractivity contribution in [3.8, 4) is 5.75 Å². The number of rotatable bonds is 8. The van der Waals surface area contributed by atoms with Crippen molar-refractivity contribution in [2.75, 3.05) is 6.61 Å². The fourth-order valence-corrected chi connectivity index (χ4v) is 5.85. The number of aryl methyl sites for hydroxylation is 1. The molecule has 1 aromatic heterocycles. The number of nitro benzene ring substituents is 1. The molecular weight excluding hydrogens is 578 g/mol. The highest BCUT2D eigenvalue weighted by molar-refractivity contribution is 7.07. The predicted molar refractivity (Wildman–Crippen MR) is 160 cm³/mol. The third kappa shape index (κ3) is 5.90. The lowest BCUT2D eigenvalue weighted by Crippen LogP contribution is -2.39. The summed E-state index contributed by atoms with van der Waals surface area (Å²) in [5.41, 5.74) is 3.60. The summed E-state index contributed by atoms with van der Waals surface area (Å²) in [6, 6.07) is 18.1. The van der Waals surface area contributed by atoms with E-state index in [2.05, 4.69) is 4.99 Å². The first kappa shape index (κ1) is 29.0. The molecule has 42 heavy (non-hydrogen) atoms. The minimum absolute atomic E-state index is 0.00778. The molecule has 1 aliphatic heterocycles. The van der Waals surface area contributed by atoms with Crippen LogP contribution >= 0.6 is 22.9 Å². The summed E-state index contributed by atoms with van der Waals surface area (Å²) < 4.78 is 13.3. The lowest BCUT2D eigenvalue weighted by atomic mass is 9.95. The molecular formula is C31H26ClN3O6S. The number of nitro groups is 1. The normalized spacial score (nSPS) is 14.8. The summed E-state index contributed by atoms with van der Waals surface area (Å²) >= 11 is 7.51. The molecule has 1 aliphatic rings. The molecule has 5 rings (SSSR count). The number of esters is 1. The standard InChI is InChI=1S/C31H26ClN3O6S/c1-4-40-30(37)27-19(3)33-31-34(28(27)21-9-5-18(2)6-10-21)29(36)26(42-31)16-22-15-23(32)11-14-25(22)41-17-20-7-12-24(13-8-20)35(38)39/h5-16,28H,4,17H2,1-3H3/b26-16-/t28-/m1/s1.